The Kier molecular flexibility index (Phi) is 10.7. The highest BCUT2D eigenvalue weighted by Crippen LogP contribution is 2.41. The third-order valence-electron chi connectivity index (χ3n) is 13.1. The molecule has 3 N–H and O–H groups in total. The fraction of sp³-hybridized carbons (Fsp3) is 0.298. The molecule has 2 saturated carbocycles. The summed E-state index contributed by atoms with van der Waals surface area (Å²) in [6.07, 6.45) is 9.78. The highest BCUT2D eigenvalue weighted by Gasteiger charge is 2.37. The molecule has 6 atom stereocenters. The Labute approximate surface area is 381 Å². The highest BCUT2D eigenvalue weighted by atomic mass is 32.2. The molecule has 0 radical (unpaired) electrons. The van der Waals surface area contributed by atoms with Crippen molar-refractivity contribution in [3.8, 4) is 6.07 Å². The lowest BCUT2D eigenvalue weighted by Gasteiger charge is -2.15. The second-order valence-corrected chi connectivity index (χ2v) is 21.3. The van der Waals surface area contributed by atoms with Crippen LogP contribution < -0.4 is 11.1 Å². The molecular formula is C47H47N13O4S2. The van der Waals surface area contributed by atoms with Crippen LogP contribution in [0.5, 0.6) is 0 Å². The Balaban J connectivity index is 0.000000160. The number of fused-ring (bicyclic) bond motifs is 6. The van der Waals surface area contributed by atoms with E-state index in [1.54, 1.807) is 91.5 Å². The molecule has 2 unspecified atom stereocenters. The Morgan fingerprint density at radius 3 is 1.64 bits per heavy atom. The first kappa shape index (κ1) is 42.9. The van der Waals surface area contributed by atoms with Gasteiger partial charge in [0.2, 0.25) is 0 Å². The SMILES string of the molecule is Cc1ccc(S(=O)(=O)n2ccc3c2ncc2nnc(C4C[C@@H](N)C[C@H]4C)n23)cc1.Cc1ccc(S(=O)(=O)n2ccc3c2ncc2nnc(C4C[C@@H](Nc5cccc(C#N)c5)C[C@H]4C)n23)cc1. The molecule has 0 bridgehead atoms. The number of nitriles is 1. The molecule has 0 aliphatic heterocycles. The minimum Gasteiger partial charge on any atom is -0.382 e. The van der Waals surface area contributed by atoms with E-state index in [1.807, 2.05) is 40.8 Å². The van der Waals surface area contributed by atoms with Crippen molar-refractivity contribution in [3.05, 3.63) is 138 Å². The maximum atomic E-state index is 13.4. The van der Waals surface area contributed by atoms with Gasteiger partial charge < -0.3 is 11.1 Å². The summed E-state index contributed by atoms with van der Waals surface area (Å²) in [4.78, 5) is 9.27. The summed E-state index contributed by atoms with van der Waals surface area (Å²) in [6.45, 7) is 8.21. The predicted molar refractivity (Wildman–Crippen MR) is 249 cm³/mol. The maximum Gasteiger partial charge on any atom is 0.269 e. The second kappa shape index (κ2) is 16.5. The Morgan fingerprint density at radius 2 is 1.15 bits per heavy atom. The summed E-state index contributed by atoms with van der Waals surface area (Å²) in [5, 5.41) is 30.3. The van der Waals surface area contributed by atoms with Gasteiger partial charge in [-0.1, -0.05) is 55.3 Å². The Hall–Kier alpha value is -7.01. The van der Waals surface area contributed by atoms with Gasteiger partial charge in [0.05, 0.1) is 44.9 Å². The quantitative estimate of drug-likeness (QED) is 0.157. The van der Waals surface area contributed by atoms with Crippen molar-refractivity contribution < 1.29 is 16.8 Å². The van der Waals surface area contributed by atoms with Gasteiger partial charge in [-0.25, -0.2) is 34.7 Å². The number of benzene rings is 3. The van der Waals surface area contributed by atoms with Crippen LogP contribution >= 0.6 is 0 Å². The number of nitrogens with zero attached hydrogens (tertiary/aromatic N) is 11. The summed E-state index contributed by atoms with van der Waals surface area (Å²) < 4.78 is 59.5. The first-order valence-electron chi connectivity index (χ1n) is 21.8. The van der Waals surface area contributed by atoms with Crippen molar-refractivity contribution in [3.63, 3.8) is 0 Å². The van der Waals surface area contributed by atoms with Crippen molar-refractivity contribution in [1.82, 2.24) is 47.1 Å². The average Bonchev–Trinajstić information content (AvgIpc) is 4.17. The van der Waals surface area contributed by atoms with Gasteiger partial charge in [-0.2, -0.15) is 5.26 Å². The van der Waals surface area contributed by atoms with Crippen LogP contribution in [0.25, 0.3) is 33.6 Å². The Morgan fingerprint density at radius 1 is 0.652 bits per heavy atom. The molecule has 17 nitrogen and oxygen atoms in total. The first-order valence-corrected chi connectivity index (χ1v) is 24.7. The number of rotatable bonds is 8. The number of nitrogens with two attached hydrogens (primary N) is 1. The summed E-state index contributed by atoms with van der Waals surface area (Å²) in [6, 6.07) is 27.1. The normalized spacial score (nSPS) is 21.1. The van der Waals surface area contributed by atoms with Crippen LogP contribution in [-0.4, -0.2) is 76.0 Å². The van der Waals surface area contributed by atoms with Crippen molar-refractivity contribution in [1.29, 1.82) is 5.26 Å². The van der Waals surface area contributed by atoms with E-state index >= 15 is 0 Å². The van der Waals surface area contributed by atoms with E-state index in [9.17, 15) is 22.1 Å². The summed E-state index contributed by atoms with van der Waals surface area (Å²) in [5.74, 6) is 2.63. The fourth-order valence-corrected chi connectivity index (χ4v) is 12.3. The monoisotopic (exact) mass is 921 g/mol. The average molecular weight is 922 g/mol. The van der Waals surface area contributed by atoms with Crippen LogP contribution in [-0.2, 0) is 20.0 Å². The lowest BCUT2D eigenvalue weighted by molar-refractivity contribution is 0.507. The van der Waals surface area contributed by atoms with E-state index in [2.05, 4.69) is 55.6 Å². The number of aryl methyl sites for hydroxylation is 2. The molecule has 0 spiro atoms. The van der Waals surface area contributed by atoms with Crippen LogP contribution in [0.1, 0.15) is 79.7 Å². The van der Waals surface area contributed by atoms with Gasteiger partial charge in [-0.3, -0.25) is 8.80 Å². The van der Waals surface area contributed by atoms with E-state index in [4.69, 9.17) is 5.73 Å². The van der Waals surface area contributed by atoms with Crippen LogP contribution in [0.4, 0.5) is 5.69 Å². The van der Waals surface area contributed by atoms with Crippen molar-refractivity contribution in [2.45, 2.75) is 87.1 Å². The zero-order chi connectivity index (χ0) is 46.1. The highest BCUT2D eigenvalue weighted by molar-refractivity contribution is 7.90. The molecule has 6 heterocycles. The molecule has 3 aromatic carbocycles. The molecule has 6 aromatic heterocycles. The van der Waals surface area contributed by atoms with Gasteiger partial charge in [-0.15, -0.1) is 20.4 Å². The zero-order valence-electron chi connectivity index (χ0n) is 36.6. The third kappa shape index (κ3) is 7.44. The summed E-state index contributed by atoms with van der Waals surface area (Å²) >= 11 is 0. The van der Waals surface area contributed by atoms with Gasteiger partial charge in [0.25, 0.3) is 20.0 Å². The van der Waals surface area contributed by atoms with Crippen LogP contribution in [0.3, 0.4) is 0 Å². The Bertz CT molecular complexity index is 3570. The molecule has 0 saturated heterocycles. The molecule has 2 aliphatic carbocycles. The van der Waals surface area contributed by atoms with E-state index in [0.29, 0.717) is 51.0 Å². The number of hydrogen-bond acceptors (Lipinski definition) is 13. The van der Waals surface area contributed by atoms with Crippen molar-refractivity contribution in [2.24, 2.45) is 17.6 Å². The molecule has 19 heteroatoms. The molecule has 2 fully saturated rings. The van der Waals surface area contributed by atoms with E-state index in [1.165, 1.54) is 7.94 Å². The maximum absolute atomic E-state index is 13.4. The summed E-state index contributed by atoms with van der Waals surface area (Å²) in [7, 11) is -7.58. The van der Waals surface area contributed by atoms with Crippen LogP contribution in [0.15, 0.2) is 120 Å². The number of hydrogen-bond donors (Lipinski definition) is 2. The minimum absolute atomic E-state index is 0.120. The molecule has 11 rings (SSSR count). The topological polar surface area (TPSA) is 226 Å². The molecular weight excluding hydrogens is 875 g/mol. The summed E-state index contributed by atoms with van der Waals surface area (Å²) in [5.41, 5.74) is 12.9. The predicted octanol–water partition coefficient (Wildman–Crippen LogP) is 6.96. The molecule has 0 amide bonds. The van der Waals surface area contributed by atoms with Crippen LogP contribution in [0, 0.1) is 37.0 Å². The largest absolute Gasteiger partial charge is 0.382 e. The van der Waals surface area contributed by atoms with E-state index in [0.717, 1.165) is 54.1 Å². The molecule has 66 heavy (non-hydrogen) atoms. The third-order valence-corrected chi connectivity index (χ3v) is 16.5. The van der Waals surface area contributed by atoms with Crippen molar-refractivity contribution >= 4 is 59.4 Å². The van der Waals surface area contributed by atoms with Crippen LogP contribution in [0.2, 0.25) is 0 Å². The van der Waals surface area contributed by atoms with E-state index < -0.39 is 20.0 Å². The molecule has 9 aromatic rings. The lowest BCUT2D eigenvalue weighted by atomic mass is 9.97. The van der Waals surface area contributed by atoms with Gasteiger partial charge >= 0.3 is 0 Å². The van der Waals surface area contributed by atoms with Gasteiger partial charge in [0.1, 0.15) is 11.6 Å². The number of nitrogens with one attached hydrogen (secondary N) is 1. The molecule has 336 valence electrons. The number of aromatic nitrogens is 10. The number of anilines is 1. The fourth-order valence-electron chi connectivity index (χ4n) is 9.72. The van der Waals surface area contributed by atoms with Crippen molar-refractivity contribution in [2.75, 3.05) is 5.32 Å². The standard InChI is InChI=1S/C27H25N7O2S.C20H22N6O2S/c1-17-6-8-22(9-7-17)37(35,36)33-11-10-24-27(33)29-16-25-31-32-26(34(24)25)23-14-21(12-18(23)2)30-20-5-3-4-19(13-20)15-28;1-12-3-5-15(6-4-12)29(27,28)25-8-7-17-20(25)22-11-18-23-24-19(26(17)18)16-10-14(21)9-13(16)2/h3-11,13,16,18,21,23,30H,12,14H2,1-2H3;3-8,11,13-14,16H,9-10,21H2,1-2H3/t18-,21+,23?;13-,14+,16?/m11/s1. The van der Waals surface area contributed by atoms with E-state index in [-0.39, 0.29) is 33.7 Å². The van der Waals surface area contributed by atoms with Gasteiger partial charge in [0.15, 0.2) is 22.6 Å². The minimum atomic E-state index is -3.82. The first-order chi connectivity index (χ1) is 31.7. The smallest absolute Gasteiger partial charge is 0.269 e. The molecule has 2 aliphatic rings. The lowest BCUT2D eigenvalue weighted by Crippen LogP contribution is -2.16. The second-order valence-electron chi connectivity index (χ2n) is 17.7. The van der Waals surface area contributed by atoms with Gasteiger partial charge in [0, 0.05) is 42.0 Å². The van der Waals surface area contributed by atoms with Gasteiger partial charge in [-0.05, 0) is 106 Å². The zero-order valence-corrected chi connectivity index (χ0v) is 38.3.